The van der Waals surface area contributed by atoms with Gasteiger partial charge in [0.05, 0.1) is 19.0 Å². The summed E-state index contributed by atoms with van der Waals surface area (Å²) in [6, 6.07) is 7.60. The smallest absolute Gasteiger partial charge is 0.226 e. The molecule has 2 heterocycles. The number of carbonyl (C=O) groups excluding carboxylic acids is 1. The van der Waals surface area contributed by atoms with Gasteiger partial charge in [0.15, 0.2) is 0 Å². The number of ether oxygens (including phenoxy) is 1. The van der Waals surface area contributed by atoms with Gasteiger partial charge in [0, 0.05) is 30.4 Å². The molecule has 0 radical (unpaired) electrons. The van der Waals surface area contributed by atoms with Gasteiger partial charge in [-0.1, -0.05) is 0 Å². The number of methoxy groups -OCH3 is 1. The predicted molar refractivity (Wildman–Crippen MR) is 77.9 cm³/mol. The molecule has 5 heteroatoms. The summed E-state index contributed by atoms with van der Waals surface area (Å²) in [4.78, 5) is 15.9. The SMILES string of the molecule is COc1ccc(NC(=O)CCn2c(C)ccc2C)cn1. The summed E-state index contributed by atoms with van der Waals surface area (Å²) in [6.07, 6.45) is 2.02. The van der Waals surface area contributed by atoms with Crippen LogP contribution in [0.3, 0.4) is 0 Å². The predicted octanol–water partition coefficient (Wildman–Crippen LogP) is 2.54. The van der Waals surface area contributed by atoms with E-state index < -0.39 is 0 Å². The van der Waals surface area contributed by atoms with Crippen molar-refractivity contribution in [1.29, 1.82) is 0 Å². The first-order valence-electron chi connectivity index (χ1n) is 6.53. The van der Waals surface area contributed by atoms with Crippen molar-refractivity contribution < 1.29 is 9.53 Å². The zero-order valence-electron chi connectivity index (χ0n) is 12.0. The molecule has 0 atom stereocenters. The highest BCUT2D eigenvalue weighted by molar-refractivity contribution is 5.90. The van der Waals surface area contributed by atoms with E-state index in [9.17, 15) is 4.79 Å². The van der Waals surface area contributed by atoms with Crippen molar-refractivity contribution in [3.8, 4) is 5.88 Å². The number of carbonyl (C=O) groups is 1. The highest BCUT2D eigenvalue weighted by atomic mass is 16.5. The van der Waals surface area contributed by atoms with E-state index in [0.29, 0.717) is 24.5 Å². The number of anilines is 1. The van der Waals surface area contributed by atoms with Crippen molar-refractivity contribution in [2.45, 2.75) is 26.8 Å². The van der Waals surface area contributed by atoms with Crippen LogP contribution in [0.4, 0.5) is 5.69 Å². The Hall–Kier alpha value is -2.30. The van der Waals surface area contributed by atoms with Gasteiger partial charge in [0.1, 0.15) is 0 Å². The Morgan fingerprint density at radius 3 is 2.50 bits per heavy atom. The second kappa shape index (κ2) is 6.23. The fourth-order valence-corrected chi connectivity index (χ4v) is 2.06. The zero-order valence-corrected chi connectivity index (χ0v) is 12.0. The van der Waals surface area contributed by atoms with Gasteiger partial charge in [-0.05, 0) is 32.0 Å². The highest BCUT2D eigenvalue weighted by Crippen LogP contribution is 2.12. The van der Waals surface area contributed by atoms with Crippen molar-refractivity contribution in [3.63, 3.8) is 0 Å². The molecule has 0 saturated carbocycles. The summed E-state index contributed by atoms with van der Waals surface area (Å²) >= 11 is 0. The minimum absolute atomic E-state index is 0.0236. The van der Waals surface area contributed by atoms with E-state index >= 15 is 0 Å². The fourth-order valence-electron chi connectivity index (χ4n) is 2.06. The number of aromatic nitrogens is 2. The standard InChI is InChI=1S/C15H19N3O2/c1-11-4-5-12(2)18(11)9-8-14(19)17-13-6-7-15(20-3)16-10-13/h4-7,10H,8-9H2,1-3H3,(H,17,19). The van der Waals surface area contributed by atoms with Gasteiger partial charge in [-0.3, -0.25) is 4.79 Å². The minimum atomic E-state index is -0.0236. The molecule has 2 rings (SSSR count). The Labute approximate surface area is 118 Å². The van der Waals surface area contributed by atoms with Crippen LogP contribution in [-0.2, 0) is 11.3 Å². The molecule has 2 aromatic heterocycles. The van der Waals surface area contributed by atoms with E-state index in [0.717, 1.165) is 0 Å². The summed E-state index contributed by atoms with van der Waals surface area (Å²) in [5.41, 5.74) is 3.01. The van der Waals surface area contributed by atoms with E-state index in [4.69, 9.17) is 4.74 Å². The van der Waals surface area contributed by atoms with Crippen molar-refractivity contribution in [1.82, 2.24) is 9.55 Å². The van der Waals surface area contributed by atoms with Gasteiger partial charge < -0.3 is 14.6 Å². The van der Waals surface area contributed by atoms with Gasteiger partial charge in [0.25, 0.3) is 0 Å². The van der Waals surface area contributed by atoms with E-state index in [1.165, 1.54) is 11.4 Å². The average Bonchev–Trinajstić information content (AvgIpc) is 2.77. The van der Waals surface area contributed by atoms with E-state index in [-0.39, 0.29) is 5.91 Å². The van der Waals surface area contributed by atoms with Crippen molar-refractivity contribution in [2.75, 3.05) is 12.4 Å². The van der Waals surface area contributed by atoms with E-state index in [1.54, 1.807) is 25.4 Å². The van der Waals surface area contributed by atoms with Crippen LogP contribution in [-0.4, -0.2) is 22.6 Å². The number of rotatable bonds is 5. The first-order valence-corrected chi connectivity index (χ1v) is 6.53. The molecule has 0 aliphatic heterocycles. The Kier molecular flexibility index (Phi) is 4.40. The molecule has 5 nitrogen and oxygen atoms in total. The third kappa shape index (κ3) is 3.38. The lowest BCUT2D eigenvalue weighted by Gasteiger charge is -2.09. The molecule has 0 aromatic carbocycles. The highest BCUT2D eigenvalue weighted by Gasteiger charge is 2.06. The number of hydrogen-bond acceptors (Lipinski definition) is 3. The normalized spacial score (nSPS) is 10.3. The second-order valence-corrected chi connectivity index (χ2v) is 4.66. The van der Waals surface area contributed by atoms with Gasteiger partial charge in [-0.25, -0.2) is 4.98 Å². The van der Waals surface area contributed by atoms with Crippen LogP contribution in [0.5, 0.6) is 5.88 Å². The molecule has 1 amide bonds. The number of pyridine rings is 1. The third-order valence-electron chi connectivity index (χ3n) is 3.21. The van der Waals surface area contributed by atoms with Crippen LogP contribution < -0.4 is 10.1 Å². The molecule has 0 fully saturated rings. The van der Waals surface area contributed by atoms with Crippen LogP contribution >= 0.6 is 0 Å². The zero-order chi connectivity index (χ0) is 14.5. The second-order valence-electron chi connectivity index (χ2n) is 4.66. The maximum atomic E-state index is 11.9. The molecular weight excluding hydrogens is 254 g/mol. The first-order chi connectivity index (χ1) is 9.60. The van der Waals surface area contributed by atoms with Crippen molar-refractivity contribution in [2.24, 2.45) is 0 Å². The molecule has 0 aliphatic rings. The van der Waals surface area contributed by atoms with Crippen molar-refractivity contribution >= 4 is 11.6 Å². The number of aryl methyl sites for hydroxylation is 2. The molecule has 0 unspecified atom stereocenters. The van der Waals surface area contributed by atoms with Crippen LogP contribution in [0.15, 0.2) is 30.5 Å². The van der Waals surface area contributed by atoms with Crippen molar-refractivity contribution in [3.05, 3.63) is 41.9 Å². The minimum Gasteiger partial charge on any atom is -0.481 e. The number of hydrogen-bond donors (Lipinski definition) is 1. The summed E-state index contributed by atoms with van der Waals surface area (Å²) in [7, 11) is 1.56. The average molecular weight is 273 g/mol. The van der Waals surface area contributed by atoms with E-state index in [2.05, 4.69) is 27.0 Å². The Morgan fingerprint density at radius 2 is 1.95 bits per heavy atom. The van der Waals surface area contributed by atoms with Crippen LogP contribution in [0, 0.1) is 13.8 Å². The molecule has 20 heavy (non-hydrogen) atoms. The molecule has 1 N–H and O–H groups in total. The number of nitrogens with one attached hydrogen (secondary N) is 1. The Balaban J connectivity index is 1.89. The topological polar surface area (TPSA) is 56.1 Å². The number of amides is 1. The van der Waals surface area contributed by atoms with Crippen LogP contribution in [0.2, 0.25) is 0 Å². The quantitative estimate of drug-likeness (QED) is 0.910. The molecule has 0 saturated heterocycles. The molecule has 2 aromatic rings. The third-order valence-corrected chi connectivity index (χ3v) is 3.21. The first kappa shape index (κ1) is 14.1. The molecule has 0 aliphatic carbocycles. The van der Waals surface area contributed by atoms with E-state index in [1.807, 2.05) is 13.8 Å². The molecular formula is C15H19N3O2. The van der Waals surface area contributed by atoms with Crippen LogP contribution in [0.25, 0.3) is 0 Å². The fraction of sp³-hybridized carbons (Fsp3) is 0.333. The van der Waals surface area contributed by atoms with Crippen LogP contribution in [0.1, 0.15) is 17.8 Å². The van der Waals surface area contributed by atoms with Gasteiger partial charge in [-0.15, -0.1) is 0 Å². The summed E-state index contributed by atoms with van der Waals surface area (Å²) < 4.78 is 7.10. The number of nitrogens with zero attached hydrogens (tertiary/aromatic N) is 2. The molecule has 106 valence electrons. The maximum Gasteiger partial charge on any atom is 0.226 e. The van der Waals surface area contributed by atoms with Gasteiger partial charge >= 0.3 is 0 Å². The largest absolute Gasteiger partial charge is 0.481 e. The summed E-state index contributed by atoms with van der Waals surface area (Å²) in [5.74, 6) is 0.506. The molecule has 0 spiro atoms. The molecule has 0 bridgehead atoms. The lowest BCUT2D eigenvalue weighted by molar-refractivity contribution is -0.116. The summed E-state index contributed by atoms with van der Waals surface area (Å²) in [5, 5.41) is 2.82. The monoisotopic (exact) mass is 273 g/mol. The lowest BCUT2D eigenvalue weighted by Crippen LogP contribution is -2.15. The van der Waals surface area contributed by atoms with Gasteiger partial charge in [-0.2, -0.15) is 0 Å². The Morgan fingerprint density at radius 1 is 1.25 bits per heavy atom. The van der Waals surface area contributed by atoms with Gasteiger partial charge in [0.2, 0.25) is 11.8 Å². The summed E-state index contributed by atoms with van der Waals surface area (Å²) in [6.45, 7) is 4.76. The lowest BCUT2D eigenvalue weighted by atomic mass is 10.3. The maximum absolute atomic E-state index is 11.9. The Bertz CT molecular complexity index is 568.